The number of aromatic nitrogens is 6. The Morgan fingerprint density at radius 2 is 1.31 bits per heavy atom. The van der Waals surface area contributed by atoms with Crippen molar-refractivity contribution in [1.29, 1.82) is 0 Å². The molecule has 299 valence electrons. The van der Waals surface area contributed by atoms with Crippen molar-refractivity contribution in [3.05, 3.63) is 46.5 Å². The van der Waals surface area contributed by atoms with E-state index >= 15 is 0 Å². The summed E-state index contributed by atoms with van der Waals surface area (Å²) in [6, 6.07) is 2.36. The number of aromatic amines is 1. The number of pyridine rings is 2. The van der Waals surface area contributed by atoms with E-state index in [0.717, 1.165) is 69.8 Å². The first-order valence-corrected chi connectivity index (χ1v) is 17.5. The minimum atomic E-state index is -1.03. The first-order chi connectivity index (χ1) is 24.8. The highest BCUT2D eigenvalue weighted by molar-refractivity contribution is 5.86. The van der Waals surface area contributed by atoms with Crippen LogP contribution in [0.3, 0.4) is 0 Å². The zero-order chi connectivity index (χ0) is 40.4. The fourth-order valence-corrected chi connectivity index (χ4v) is 4.47. The molecule has 0 spiro atoms. The zero-order valence-electron chi connectivity index (χ0n) is 32.1. The third-order valence-corrected chi connectivity index (χ3v) is 7.90. The fraction of sp³-hybridized carbons (Fsp3) is 0.571. The lowest BCUT2D eigenvalue weighted by Gasteiger charge is -2.29. The number of nitrogen functional groups attached to an aromatic ring is 2. The molecule has 54 heavy (non-hydrogen) atoms. The van der Waals surface area contributed by atoms with Gasteiger partial charge in [-0.2, -0.15) is 4.98 Å². The molecule has 0 bridgehead atoms. The van der Waals surface area contributed by atoms with Crippen molar-refractivity contribution >= 4 is 54.2 Å². The zero-order valence-corrected chi connectivity index (χ0v) is 32.1. The third-order valence-electron chi connectivity index (χ3n) is 7.90. The van der Waals surface area contributed by atoms with Crippen LogP contribution in [0.4, 0.5) is 26.5 Å². The van der Waals surface area contributed by atoms with Crippen LogP contribution in [0.25, 0.3) is 22.1 Å². The lowest BCUT2D eigenvalue weighted by molar-refractivity contribution is -0.142. The van der Waals surface area contributed by atoms with E-state index in [1.54, 1.807) is 6.92 Å². The number of nitrogens with zero attached hydrogens (tertiary/aromatic N) is 5. The van der Waals surface area contributed by atoms with E-state index in [2.05, 4.69) is 49.1 Å². The monoisotopic (exact) mass is 760 g/mol. The van der Waals surface area contributed by atoms with E-state index in [9.17, 15) is 23.5 Å². The van der Waals surface area contributed by atoms with Gasteiger partial charge in [-0.25, -0.2) is 28.7 Å². The second-order valence-electron chi connectivity index (χ2n) is 13.6. The molecule has 0 saturated carbocycles. The number of hydrogen-bond acceptors (Lipinski definition) is 14. The number of aliphatic hydroxyl groups excluding tert-OH is 2. The van der Waals surface area contributed by atoms with E-state index in [4.69, 9.17) is 33.1 Å². The number of anilines is 3. The van der Waals surface area contributed by atoms with Gasteiger partial charge in [0.2, 0.25) is 11.9 Å². The van der Waals surface area contributed by atoms with Gasteiger partial charge in [-0.05, 0) is 40.0 Å². The number of H-pyrrole nitrogens is 1. The molecular weight excluding hydrogens is 703 g/mol. The van der Waals surface area contributed by atoms with Gasteiger partial charge in [0.15, 0.2) is 11.3 Å². The molecule has 0 unspecified atom stereocenters. The van der Waals surface area contributed by atoms with Crippen LogP contribution in [-0.2, 0) is 4.79 Å². The number of halogens is 2. The highest BCUT2D eigenvalue weighted by Gasteiger charge is 2.26. The summed E-state index contributed by atoms with van der Waals surface area (Å²) in [6.07, 6.45) is 10.4. The van der Waals surface area contributed by atoms with Crippen molar-refractivity contribution in [2.45, 2.75) is 116 Å². The highest BCUT2D eigenvalue weighted by Crippen LogP contribution is 2.25. The van der Waals surface area contributed by atoms with Gasteiger partial charge in [0, 0.05) is 26.1 Å². The van der Waals surface area contributed by atoms with E-state index in [1.165, 1.54) is 6.07 Å². The molecule has 4 aromatic rings. The Labute approximate surface area is 316 Å². The third kappa shape index (κ3) is 17.0. The van der Waals surface area contributed by atoms with E-state index < -0.39 is 34.2 Å². The Bertz CT molecular complexity index is 1790. The number of carboxylic acids is 1. The molecule has 4 heterocycles. The first kappa shape index (κ1) is 49.4. The molecule has 0 fully saturated rings. The quantitative estimate of drug-likeness (QED) is 0.0830. The van der Waals surface area contributed by atoms with Gasteiger partial charge in [-0.3, -0.25) is 14.6 Å². The number of nitrogens with two attached hydrogens (primary N) is 4. The SMILES string of the molecule is CCCC[C@@](C)(CO)Nc1nc(N)nc2cc(F)cnc12.CCCC[C@](C)(N)C(=O)O.CCCC[C@](C)(N)CO.Nc1nc2cc(F)cnc2c(=O)[nH]1.[B]. The molecule has 13 N–H and O–H groups in total. The molecule has 0 aliphatic carbocycles. The Kier molecular flexibility index (Phi) is 21.3. The van der Waals surface area contributed by atoms with Crippen molar-refractivity contribution in [2.75, 3.05) is 30.0 Å². The van der Waals surface area contributed by atoms with Crippen molar-refractivity contribution < 1.29 is 28.9 Å². The molecule has 0 aliphatic heterocycles. The summed E-state index contributed by atoms with van der Waals surface area (Å²) in [5.74, 6) is -1.56. The van der Waals surface area contributed by atoms with Crippen molar-refractivity contribution in [1.82, 2.24) is 29.9 Å². The van der Waals surface area contributed by atoms with E-state index in [-0.39, 0.29) is 50.1 Å². The van der Waals surface area contributed by atoms with Crippen LogP contribution < -0.4 is 33.8 Å². The lowest BCUT2D eigenvalue weighted by atomic mass is 9.96. The van der Waals surface area contributed by atoms with Gasteiger partial charge >= 0.3 is 5.97 Å². The summed E-state index contributed by atoms with van der Waals surface area (Å²) in [5, 5.41) is 30.1. The Hall–Kier alpha value is -4.59. The summed E-state index contributed by atoms with van der Waals surface area (Å²) in [4.78, 5) is 43.2. The van der Waals surface area contributed by atoms with Crippen LogP contribution in [0.1, 0.15) is 99.3 Å². The second kappa shape index (κ2) is 23.3. The predicted octanol–water partition coefficient (Wildman–Crippen LogP) is 3.62. The minimum Gasteiger partial charge on any atom is -0.480 e. The molecule has 0 aliphatic rings. The first-order valence-electron chi connectivity index (χ1n) is 17.5. The molecule has 0 saturated heterocycles. The Balaban J connectivity index is 0.000000737. The topological polar surface area (TPSA) is 291 Å². The smallest absolute Gasteiger partial charge is 0.323 e. The van der Waals surface area contributed by atoms with Crippen LogP contribution in [-0.4, -0.2) is 89.4 Å². The summed E-state index contributed by atoms with van der Waals surface area (Å²) in [6.45, 7) is 11.6. The number of aliphatic carboxylic acids is 1. The molecule has 3 atom stereocenters. The Morgan fingerprint density at radius 1 is 0.815 bits per heavy atom. The van der Waals surface area contributed by atoms with Crippen molar-refractivity contribution in [3.63, 3.8) is 0 Å². The maximum Gasteiger partial charge on any atom is 0.323 e. The molecule has 3 radical (unpaired) electrons. The lowest BCUT2D eigenvalue weighted by Crippen LogP contribution is -2.44. The van der Waals surface area contributed by atoms with E-state index in [1.807, 2.05) is 20.8 Å². The van der Waals surface area contributed by atoms with Crippen molar-refractivity contribution in [2.24, 2.45) is 11.5 Å². The largest absolute Gasteiger partial charge is 0.480 e. The number of unbranched alkanes of at least 4 members (excludes halogenated alkanes) is 3. The summed E-state index contributed by atoms with van der Waals surface area (Å²) in [5.41, 5.74) is 20.6. The average Bonchev–Trinajstić information content (AvgIpc) is 3.09. The van der Waals surface area contributed by atoms with Gasteiger partial charge in [0.25, 0.3) is 5.56 Å². The maximum absolute atomic E-state index is 13.2. The number of rotatable bonds is 14. The molecule has 0 aromatic carbocycles. The number of fused-ring (bicyclic) bond motifs is 2. The summed E-state index contributed by atoms with van der Waals surface area (Å²) >= 11 is 0. The standard InChI is InChI=1S/C14H20FN5O.C7H5FN4O.C7H15NO2.C7H17NO.B/c1-3-4-5-14(2,8-21)20-12-11-10(18-13(16)19-12)6-9(15)7-17-11;8-3-1-4-5(10-2-3)6(13)12-7(9)11-4;1-3-4-5-7(2,8)6(9)10;1-3-4-5-7(2,8)6-9;/h6-7,21H,3-5,8H2,1-2H3,(H3,16,18,19,20);1-2H,(H3,9,11,12,13);3-5,8H2,1-2H3,(H,9,10);9H,3-6,8H2,1-2H3;/t14-;;2*7-;/m0.00./s1. The number of carbonyl (C=O) groups is 1. The highest BCUT2D eigenvalue weighted by atomic mass is 19.1. The van der Waals surface area contributed by atoms with Gasteiger partial charge in [0.1, 0.15) is 28.2 Å². The Morgan fingerprint density at radius 3 is 1.81 bits per heavy atom. The van der Waals surface area contributed by atoms with E-state index in [0.29, 0.717) is 23.3 Å². The fourth-order valence-electron chi connectivity index (χ4n) is 4.47. The minimum absolute atomic E-state index is 0. The average molecular weight is 761 g/mol. The van der Waals surface area contributed by atoms with Crippen LogP contribution >= 0.6 is 0 Å². The molecule has 0 amide bonds. The van der Waals surface area contributed by atoms with Gasteiger partial charge in [0.05, 0.1) is 36.7 Å². The molecule has 4 rings (SSSR count). The van der Waals surface area contributed by atoms with Crippen LogP contribution in [0, 0.1) is 11.6 Å². The predicted molar refractivity (Wildman–Crippen MR) is 210 cm³/mol. The van der Waals surface area contributed by atoms with Gasteiger partial charge < -0.3 is 43.6 Å². The molecular formula is C35H57BF2N11O5. The van der Waals surface area contributed by atoms with Gasteiger partial charge in [-0.15, -0.1) is 0 Å². The molecule has 16 nitrogen and oxygen atoms in total. The van der Waals surface area contributed by atoms with Crippen LogP contribution in [0.5, 0.6) is 0 Å². The number of carboxylic acid groups (broad SMARTS) is 1. The van der Waals surface area contributed by atoms with Crippen LogP contribution in [0.15, 0.2) is 29.3 Å². The number of nitrogens with one attached hydrogen (secondary N) is 2. The number of hydrogen-bond donors (Lipinski definition) is 9. The molecule has 19 heteroatoms. The summed E-state index contributed by atoms with van der Waals surface area (Å²) in [7, 11) is 0. The van der Waals surface area contributed by atoms with Crippen LogP contribution in [0.2, 0.25) is 0 Å². The maximum atomic E-state index is 13.2. The normalized spacial score (nSPS) is 13.9. The summed E-state index contributed by atoms with van der Waals surface area (Å²) < 4.78 is 25.9. The van der Waals surface area contributed by atoms with Gasteiger partial charge in [-0.1, -0.05) is 59.3 Å². The van der Waals surface area contributed by atoms with Crippen molar-refractivity contribution in [3.8, 4) is 0 Å². The molecule has 4 aromatic heterocycles. The number of aliphatic hydroxyl groups is 2. The second-order valence-corrected chi connectivity index (χ2v) is 13.6.